The molecule has 1 N–H and O–H groups in total. The molecule has 4 rings (SSSR count). The van der Waals surface area contributed by atoms with Gasteiger partial charge in [0.1, 0.15) is 5.69 Å². The Bertz CT molecular complexity index is 947. The molecule has 0 aliphatic carbocycles. The first-order valence-electron chi connectivity index (χ1n) is 9.65. The molecule has 0 saturated carbocycles. The van der Waals surface area contributed by atoms with E-state index >= 15 is 0 Å². The second kappa shape index (κ2) is 8.21. The van der Waals surface area contributed by atoms with E-state index in [-0.39, 0.29) is 5.91 Å². The van der Waals surface area contributed by atoms with Gasteiger partial charge in [-0.05, 0) is 31.4 Å². The van der Waals surface area contributed by atoms with Crippen molar-refractivity contribution >= 4 is 11.9 Å². The normalized spacial score (nSPS) is 14.1. The lowest BCUT2D eigenvalue weighted by atomic mass is 10.1. The SMILES string of the molecule is Cn1nc(-c2ccccc2)cc1C(=O)NCc1ccnc(N2CCCCC2)n1. The maximum Gasteiger partial charge on any atom is 0.269 e. The molecule has 3 heterocycles. The van der Waals surface area contributed by atoms with Crippen molar-refractivity contribution in [1.29, 1.82) is 0 Å². The molecule has 28 heavy (non-hydrogen) atoms. The first-order chi connectivity index (χ1) is 13.7. The first kappa shape index (κ1) is 18.2. The van der Waals surface area contributed by atoms with Crippen LogP contribution in [0, 0.1) is 0 Å². The van der Waals surface area contributed by atoms with Gasteiger partial charge in [-0.25, -0.2) is 9.97 Å². The number of rotatable bonds is 5. The summed E-state index contributed by atoms with van der Waals surface area (Å²) in [4.78, 5) is 23.9. The highest BCUT2D eigenvalue weighted by molar-refractivity contribution is 5.93. The number of nitrogens with zero attached hydrogens (tertiary/aromatic N) is 5. The van der Waals surface area contributed by atoms with Crippen molar-refractivity contribution in [2.45, 2.75) is 25.8 Å². The molecule has 2 aromatic heterocycles. The second-order valence-corrected chi connectivity index (χ2v) is 6.98. The monoisotopic (exact) mass is 376 g/mol. The van der Waals surface area contributed by atoms with Crippen molar-refractivity contribution in [3.05, 3.63) is 60.0 Å². The van der Waals surface area contributed by atoms with Gasteiger partial charge in [0, 0.05) is 31.9 Å². The summed E-state index contributed by atoms with van der Waals surface area (Å²) in [5.74, 6) is 0.577. The lowest BCUT2D eigenvalue weighted by Crippen LogP contribution is -2.31. The van der Waals surface area contributed by atoms with Gasteiger partial charge in [-0.3, -0.25) is 9.48 Å². The minimum absolute atomic E-state index is 0.171. The van der Waals surface area contributed by atoms with Crippen molar-refractivity contribution in [2.75, 3.05) is 18.0 Å². The van der Waals surface area contributed by atoms with Gasteiger partial charge in [0.05, 0.1) is 17.9 Å². The van der Waals surface area contributed by atoms with Crippen LogP contribution < -0.4 is 10.2 Å². The van der Waals surface area contributed by atoms with Gasteiger partial charge in [-0.2, -0.15) is 5.10 Å². The van der Waals surface area contributed by atoms with Crippen LogP contribution in [-0.2, 0) is 13.6 Å². The van der Waals surface area contributed by atoms with E-state index in [1.165, 1.54) is 19.3 Å². The van der Waals surface area contributed by atoms with Crippen LogP contribution in [0.2, 0.25) is 0 Å². The molecule has 7 heteroatoms. The average Bonchev–Trinajstić information content (AvgIpc) is 3.15. The predicted molar refractivity (Wildman–Crippen MR) is 108 cm³/mol. The third kappa shape index (κ3) is 4.03. The van der Waals surface area contributed by atoms with Crippen LogP contribution in [-0.4, -0.2) is 38.7 Å². The number of amides is 1. The molecular formula is C21H24N6O. The Morgan fingerprint density at radius 1 is 1.11 bits per heavy atom. The zero-order valence-electron chi connectivity index (χ0n) is 16.0. The van der Waals surface area contributed by atoms with Crippen LogP contribution in [0.15, 0.2) is 48.7 Å². The number of benzene rings is 1. The summed E-state index contributed by atoms with van der Waals surface area (Å²) in [6.07, 6.45) is 5.38. The third-order valence-corrected chi connectivity index (χ3v) is 4.95. The smallest absolute Gasteiger partial charge is 0.269 e. The summed E-state index contributed by atoms with van der Waals surface area (Å²) < 4.78 is 1.61. The van der Waals surface area contributed by atoms with Gasteiger partial charge in [0.15, 0.2) is 0 Å². The van der Waals surface area contributed by atoms with E-state index in [2.05, 4.69) is 25.3 Å². The van der Waals surface area contributed by atoms with Gasteiger partial charge in [0.2, 0.25) is 5.95 Å². The Morgan fingerprint density at radius 3 is 2.68 bits per heavy atom. The fraction of sp³-hybridized carbons (Fsp3) is 0.333. The number of aryl methyl sites for hydroxylation is 1. The molecule has 0 radical (unpaired) electrons. The quantitative estimate of drug-likeness (QED) is 0.741. The van der Waals surface area contributed by atoms with Gasteiger partial charge < -0.3 is 10.2 Å². The maximum atomic E-state index is 12.6. The molecule has 144 valence electrons. The number of nitrogens with one attached hydrogen (secondary N) is 1. The van der Waals surface area contributed by atoms with Gasteiger partial charge in [0.25, 0.3) is 5.91 Å². The van der Waals surface area contributed by atoms with E-state index < -0.39 is 0 Å². The van der Waals surface area contributed by atoms with Gasteiger partial charge in [-0.15, -0.1) is 0 Å². The molecule has 0 spiro atoms. The van der Waals surface area contributed by atoms with Crippen LogP contribution in [0.25, 0.3) is 11.3 Å². The number of piperidine rings is 1. The highest BCUT2D eigenvalue weighted by Gasteiger charge is 2.16. The Balaban J connectivity index is 1.43. The molecule has 1 amide bonds. The molecule has 1 aromatic carbocycles. The van der Waals surface area contributed by atoms with Crippen molar-refractivity contribution < 1.29 is 4.79 Å². The van der Waals surface area contributed by atoms with Crippen molar-refractivity contribution in [2.24, 2.45) is 7.05 Å². The summed E-state index contributed by atoms with van der Waals surface area (Å²) in [6.45, 7) is 2.34. The molecule has 1 saturated heterocycles. The number of anilines is 1. The third-order valence-electron chi connectivity index (χ3n) is 4.95. The van der Waals surface area contributed by atoms with E-state index in [0.717, 1.165) is 36.0 Å². The molecule has 0 unspecified atom stereocenters. The molecular weight excluding hydrogens is 352 g/mol. The number of carbonyl (C=O) groups excluding carboxylic acids is 1. The summed E-state index contributed by atoms with van der Waals surface area (Å²) in [5.41, 5.74) is 3.08. The van der Waals surface area contributed by atoms with Crippen LogP contribution in [0.4, 0.5) is 5.95 Å². The van der Waals surface area contributed by atoms with Crippen molar-refractivity contribution in [3.8, 4) is 11.3 Å². The number of carbonyl (C=O) groups is 1. The zero-order chi connectivity index (χ0) is 19.3. The molecule has 3 aromatic rings. The average molecular weight is 376 g/mol. The first-order valence-corrected chi connectivity index (χ1v) is 9.65. The van der Waals surface area contributed by atoms with Crippen molar-refractivity contribution in [1.82, 2.24) is 25.1 Å². The van der Waals surface area contributed by atoms with Crippen molar-refractivity contribution in [3.63, 3.8) is 0 Å². The number of aromatic nitrogens is 4. The molecule has 7 nitrogen and oxygen atoms in total. The van der Waals surface area contributed by atoms with E-state index in [1.807, 2.05) is 42.5 Å². The largest absolute Gasteiger partial charge is 0.345 e. The topological polar surface area (TPSA) is 75.9 Å². The van der Waals surface area contributed by atoms with E-state index in [0.29, 0.717) is 12.2 Å². The minimum atomic E-state index is -0.171. The van der Waals surface area contributed by atoms with Crippen LogP contribution in [0.3, 0.4) is 0 Å². The Hall–Kier alpha value is -3.22. The lowest BCUT2D eigenvalue weighted by Gasteiger charge is -2.26. The maximum absolute atomic E-state index is 12.6. The standard InChI is InChI=1S/C21H24N6O/c1-26-19(14-18(25-26)16-8-4-2-5-9-16)20(28)23-15-17-10-11-22-21(24-17)27-12-6-3-7-13-27/h2,4-5,8-11,14H,3,6-7,12-13,15H2,1H3,(H,23,28). The predicted octanol–water partition coefficient (Wildman–Crippen LogP) is 2.80. The van der Waals surface area contributed by atoms with Crippen LogP contribution in [0.5, 0.6) is 0 Å². The van der Waals surface area contributed by atoms with Crippen LogP contribution >= 0.6 is 0 Å². The highest BCUT2D eigenvalue weighted by Crippen LogP contribution is 2.18. The summed E-state index contributed by atoms with van der Waals surface area (Å²) in [5, 5.41) is 7.40. The fourth-order valence-corrected chi connectivity index (χ4v) is 3.42. The number of hydrogen-bond donors (Lipinski definition) is 1. The molecule has 1 aliphatic heterocycles. The van der Waals surface area contributed by atoms with Gasteiger partial charge >= 0.3 is 0 Å². The molecule has 1 fully saturated rings. The lowest BCUT2D eigenvalue weighted by molar-refractivity contribution is 0.0941. The number of hydrogen-bond acceptors (Lipinski definition) is 5. The molecule has 0 atom stereocenters. The Labute approximate surface area is 164 Å². The second-order valence-electron chi connectivity index (χ2n) is 6.98. The zero-order valence-corrected chi connectivity index (χ0v) is 16.0. The van der Waals surface area contributed by atoms with E-state index in [9.17, 15) is 4.79 Å². The summed E-state index contributed by atoms with van der Waals surface area (Å²) >= 11 is 0. The Kier molecular flexibility index (Phi) is 5.32. The Morgan fingerprint density at radius 2 is 1.89 bits per heavy atom. The minimum Gasteiger partial charge on any atom is -0.345 e. The summed E-state index contributed by atoms with van der Waals surface area (Å²) in [6, 6.07) is 13.5. The molecule has 0 bridgehead atoms. The van der Waals surface area contributed by atoms with Crippen LogP contribution in [0.1, 0.15) is 35.4 Å². The van der Waals surface area contributed by atoms with Gasteiger partial charge in [-0.1, -0.05) is 30.3 Å². The van der Waals surface area contributed by atoms with E-state index in [4.69, 9.17) is 0 Å². The highest BCUT2D eigenvalue weighted by atomic mass is 16.2. The molecule has 1 aliphatic rings. The van der Waals surface area contributed by atoms with E-state index in [1.54, 1.807) is 17.9 Å². The summed E-state index contributed by atoms with van der Waals surface area (Å²) in [7, 11) is 1.78. The fourth-order valence-electron chi connectivity index (χ4n) is 3.42.